The minimum absolute atomic E-state index is 0.116. The molecule has 0 saturated heterocycles. The molecular formula is C19H26O3. The van der Waals surface area contributed by atoms with Gasteiger partial charge in [-0.1, -0.05) is 6.92 Å². The molecule has 1 aromatic rings. The molecule has 0 aromatic heterocycles. The zero-order valence-electron chi connectivity index (χ0n) is 13.5. The number of phenols is 1. The summed E-state index contributed by atoms with van der Waals surface area (Å²) in [4.78, 5) is 0. The SMILES string of the molecule is COc1cc2c(cc1O)CC[C@H]1[C@H]3CCC(O)[C@@]3(C)CC[C@@H]21. The molecule has 2 N–H and O–H groups in total. The first-order chi connectivity index (χ1) is 10.5. The molecule has 5 atom stereocenters. The molecule has 0 aliphatic heterocycles. The van der Waals surface area contributed by atoms with E-state index in [1.807, 2.05) is 6.07 Å². The van der Waals surface area contributed by atoms with Crippen LogP contribution in [0.4, 0.5) is 0 Å². The first-order valence-electron chi connectivity index (χ1n) is 8.62. The second kappa shape index (κ2) is 4.89. The molecule has 1 aromatic carbocycles. The van der Waals surface area contributed by atoms with Gasteiger partial charge < -0.3 is 14.9 Å². The molecule has 3 nitrogen and oxygen atoms in total. The van der Waals surface area contributed by atoms with Gasteiger partial charge in [0.1, 0.15) is 0 Å². The van der Waals surface area contributed by atoms with Gasteiger partial charge in [-0.3, -0.25) is 0 Å². The summed E-state index contributed by atoms with van der Waals surface area (Å²) in [6.45, 7) is 2.30. The van der Waals surface area contributed by atoms with Crippen molar-refractivity contribution in [1.29, 1.82) is 0 Å². The van der Waals surface area contributed by atoms with Gasteiger partial charge in [0.05, 0.1) is 13.2 Å². The van der Waals surface area contributed by atoms with Gasteiger partial charge >= 0.3 is 0 Å². The highest BCUT2D eigenvalue weighted by Crippen LogP contribution is 2.61. The van der Waals surface area contributed by atoms with Crippen LogP contribution in [-0.4, -0.2) is 23.4 Å². The van der Waals surface area contributed by atoms with Crippen LogP contribution in [0, 0.1) is 17.3 Å². The monoisotopic (exact) mass is 302 g/mol. The summed E-state index contributed by atoms with van der Waals surface area (Å²) in [5.41, 5.74) is 2.80. The van der Waals surface area contributed by atoms with Crippen molar-refractivity contribution < 1.29 is 14.9 Å². The van der Waals surface area contributed by atoms with Crippen LogP contribution in [0.5, 0.6) is 11.5 Å². The maximum Gasteiger partial charge on any atom is 0.160 e. The summed E-state index contributed by atoms with van der Waals surface area (Å²) in [6.07, 6.45) is 6.51. The molecule has 120 valence electrons. The van der Waals surface area contributed by atoms with E-state index in [4.69, 9.17) is 4.74 Å². The lowest BCUT2D eigenvalue weighted by atomic mass is 9.55. The summed E-state index contributed by atoms with van der Waals surface area (Å²) in [7, 11) is 1.62. The standard InChI is InChI=1S/C19H26O3/c1-19-8-7-12-13(15(19)5-6-18(19)21)4-3-11-9-16(20)17(22-2)10-14(11)12/h9-10,12-13,15,18,20-21H,3-8H2,1-2H3/t12-,13-,15-,18?,19+/m1/s1. The summed E-state index contributed by atoms with van der Waals surface area (Å²) >= 11 is 0. The van der Waals surface area contributed by atoms with Gasteiger partial charge in [-0.25, -0.2) is 0 Å². The smallest absolute Gasteiger partial charge is 0.160 e. The zero-order chi connectivity index (χ0) is 15.5. The fourth-order valence-electron chi connectivity index (χ4n) is 5.72. The van der Waals surface area contributed by atoms with E-state index in [9.17, 15) is 10.2 Å². The van der Waals surface area contributed by atoms with Gasteiger partial charge in [0.25, 0.3) is 0 Å². The second-order valence-electron chi connectivity index (χ2n) is 7.78. The minimum Gasteiger partial charge on any atom is -0.504 e. The summed E-state index contributed by atoms with van der Waals surface area (Å²) in [5, 5.41) is 20.5. The largest absolute Gasteiger partial charge is 0.504 e. The van der Waals surface area contributed by atoms with Crippen molar-refractivity contribution >= 4 is 0 Å². The fraction of sp³-hybridized carbons (Fsp3) is 0.684. The molecule has 1 unspecified atom stereocenters. The highest BCUT2D eigenvalue weighted by molar-refractivity contribution is 5.49. The first-order valence-corrected chi connectivity index (χ1v) is 8.62. The van der Waals surface area contributed by atoms with E-state index in [0.29, 0.717) is 23.5 Å². The lowest BCUT2D eigenvalue weighted by molar-refractivity contribution is -0.0226. The van der Waals surface area contributed by atoms with E-state index in [2.05, 4.69) is 13.0 Å². The van der Waals surface area contributed by atoms with Crippen molar-refractivity contribution in [3.05, 3.63) is 23.3 Å². The van der Waals surface area contributed by atoms with Crippen molar-refractivity contribution in [2.75, 3.05) is 7.11 Å². The molecule has 0 amide bonds. The van der Waals surface area contributed by atoms with Gasteiger partial charge in [-0.15, -0.1) is 0 Å². The van der Waals surface area contributed by atoms with Crippen molar-refractivity contribution in [2.24, 2.45) is 17.3 Å². The maximum absolute atomic E-state index is 10.4. The number of fused-ring (bicyclic) bond motifs is 5. The number of hydrogen-bond acceptors (Lipinski definition) is 3. The van der Waals surface area contributed by atoms with Crippen LogP contribution >= 0.6 is 0 Å². The fourth-order valence-corrected chi connectivity index (χ4v) is 5.72. The highest BCUT2D eigenvalue weighted by atomic mass is 16.5. The van der Waals surface area contributed by atoms with E-state index >= 15 is 0 Å². The van der Waals surface area contributed by atoms with Gasteiger partial charge in [0.15, 0.2) is 11.5 Å². The van der Waals surface area contributed by atoms with E-state index in [0.717, 1.165) is 25.7 Å². The molecule has 2 fully saturated rings. The van der Waals surface area contributed by atoms with Crippen LogP contribution in [0.1, 0.15) is 56.1 Å². The third kappa shape index (κ3) is 1.84. The third-order valence-electron chi connectivity index (χ3n) is 6.97. The Kier molecular flexibility index (Phi) is 3.19. The van der Waals surface area contributed by atoms with E-state index in [1.54, 1.807) is 7.11 Å². The first kappa shape index (κ1) is 14.4. The third-order valence-corrected chi connectivity index (χ3v) is 6.97. The average molecular weight is 302 g/mol. The molecule has 0 bridgehead atoms. The van der Waals surface area contributed by atoms with Gasteiger partial charge in [-0.05, 0) is 85.0 Å². The average Bonchev–Trinajstić information content (AvgIpc) is 2.82. The number of aromatic hydroxyl groups is 1. The van der Waals surface area contributed by atoms with Gasteiger partial charge in [-0.2, -0.15) is 0 Å². The van der Waals surface area contributed by atoms with Crippen LogP contribution in [0.25, 0.3) is 0 Å². The van der Waals surface area contributed by atoms with Gasteiger partial charge in [0, 0.05) is 0 Å². The Morgan fingerprint density at radius 1 is 1.18 bits per heavy atom. The Morgan fingerprint density at radius 3 is 2.77 bits per heavy atom. The molecule has 3 aliphatic rings. The number of aliphatic hydroxyl groups is 1. The number of phenolic OH excluding ortho intramolecular Hbond substituents is 1. The lowest BCUT2D eigenvalue weighted by Crippen LogP contribution is -2.43. The topological polar surface area (TPSA) is 49.7 Å². The van der Waals surface area contributed by atoms with Crippen LogP contribution < -0.4 is 4.74 Å². The van der Waals surface area contributed by atoms with Crippen molar-refractivity contribution in [3.8, 4) is 11.5 Å². The maximum atomic E-state index is 10.4. The Balaban J connectivity index is 1.72. The number of rotatable bonds is 1. The number of aliphatic hydroxyl groups excluding tert-OH is 1. The second-order valence-corrected chi connectivity index (χ2v) is 7.78. The number of hydrogen-bond donors (Lipinski definition) is 2. The van der Waals surface area contributed by atoms with Crippen molar-refractivity contribution in [1.82, 2.24) is 0 Å². The molecule has 0 heterocycles. The molecule has 3 aliphatic carbocycles. The predicted octanol–water partition coefficient (Wildman–Crippen LogP) is 3.62. The molecular weight excluding hydrogens is 276 g/mol. The van der Waals surface area contributed by atoms with Gasteiger partial charge in [0.2, 0.25) is 0 Å². The number of methoxy groups -OCH3 is 1. The quantitative estimate of drug-likeness (QED) is 0.833. The Morgan fingerprint density at radius 2 is 2.00 bits per heavy atom. The van der Waals surface area contributed by atoms with Crippen molar-refractivity contribution in [3.63, 3.8) is 0 Å². The van der Waals surface area contributed by atoms with Crippen molar-refractivity contribution in [2.45, 2.75) is 57.5 Å². The lowest BCUT2D eigenvalue weighted by Gasteiger charge is -2.50. The summed E-state index contributed by atoms with van der Waals surface area (Å²) in [5.74, 6) is 2.75. The van der Waals surface area contributed by atoms with Crippen LogP contribution in [0.15, 0.2) is 12.1 Å². The molecule has 22 heavy (non-hydrogen) atoms. The normalized spacial score (nSPS) is 39.8. The molecule has 4 rings (SSSR count). The number of benzene rings is 1. The number of ether oxygens (including phenoxy) is 1. The van der Waals surface area contributed by atoms with Crippen LogP contribution in [0.2, 0.25) is 0 Å². The van der Waals surface area contributed by atoms with E-state index < -0.39 is 0 Å². The molecule has 0 radical (unpaired) electrons. The van der Waals surface area contributed by atoms with E-state index in [1.165, 1.54) is 24.0 Å². The van der Waals surface area contributed by atoms with Crippen LogP contribution in [-0.2, 0) is 6.42 Å². The molecule has 0 spiro atoms. The predicted molar refractivity (Wildman–Crippen MR) is 85.3 cm³/mol. The molecule has 3 heteroatoms. The minimum atomic E-state index is -0.116. The van der Waals surface area contributed by atoms with E-state index in [-0.39, 0.29) is 17.3 Å². The van der Waals surface area contributed by atoms with Crippen LogP contribution in [0.3, 0.4) is 0 Å². The Bertz CT molecular complexity index is 597. The Hall–Kier alpha value is -1.22. The zero-order valence-corrected chi connectivity index (χ0v) is 13.5. The number of aryl methyl sites for hydroxylation is 1. The molecule has 2 saturated carbocycles. The summed E-state index contributed by atoms with van der Waals surface area (Å²) in [6, 6.07) is 3.97. The Labute approximate surface area is 132 Å². The summed E-state index contributed by atoms with van der Waals surface area (Å²) < 4.78 is 5.32. The highest BCUT2D eigenvalue weighted by Gasteiger charge is 2.54.